The van der Waals surface area contributed by atoms with Gasteiger partial charge in [-0.15, -0.1) is 0 Å². The highest BCUT2D eigenvalue weighted by Gasteiger charge is 2.17. The van der Waals surface area contributed by atoms with Crippen LogP contribution < -0.4 is 0 Å². The van der Waals surface area contributed by atoms with Gasteiger partial charge in [-0.2, -0.15) is 0 Å². The van der Waals surface area contributed by atoms with Crippen LogP contribution in [0.2, 0.25) is 0 Å². The van der Waals surface area contributed by atoms with Crippen LogP contribution in [-0.4, -0.2) is 15.0 Å². The number of nitrogens with zero attached hydrogens (tertiary/aromatic N) is 3. The quantitative estimate of drug-likeness (QED) is 0.162. The Morgan fingerprint density at radius 2 is 0.633 bits per heavy atom. The van der Waals surface area contributed by atoms with Crippen molar-refractivity contribution in [3.05, 3.63) is 224 Å². The zero-order valence-corrected chi connectivity index (χ0v) is 32.7. The van der Waals surface area contributed by atoms with Crippen LogP contribution in [0, 0.1) is 0 Å². The monoisotopic (exact) mass is 763 g/mol. The molecule has 1 heterocycles. The summed E-state index contributed by atoms with van der Waals surface area (Å²) in [5.74, 6) is 1.88. The smallest absolute Gasteiger partial charge is 0.164 e. The highest BCUT2D eigenvalue weighted by molar-refractivity contribution is 6.05. The fourth-order valence-electron chi connectivity index (χ4n) is 8.49. The molecule has 1 aromatic heterocycles. The van der Waals surface area contributed by atoms with Gasteiger partial charge in [-0.25, -0.2) is 15.0 Å². The van der Waals surface area contributed by atoms with Crippen LogP contribution in [0.4, 0.5) is 0 Å². The lowest BCUT2D eigenvalue weighted by atomic mass is 9.91. The van der Waals surface area contributed by atoms with Gasteiger partial charge in [0.2, 0.25) is 0 Å². The van der Waals surface area contributed by atoms with E-state index < -0.39 is 0 Å². The van der Waals surface area contributed by atoms with Crippen LogP contribution in [0.15, 0.2) is 224 Å². The Hall–Kier alpha value is -8.01. The van der Waals surface area contributed by atoms with E-state index in [1.165, 1.54) is 43.8 Å². The third kappa shape index (κ3) is 6.58. The molecule has 10 aromatic carbocycles. The Labute approximate surface area is 349 Å². The number of hydrogen-bond donors (Lipinski definition) is 0. The minimum absolute atomic E-state index is 0.622. The molecule has 11 rings (SSSR count). The van der Waals surface area contributed by atoms with Gasteiger partial charge in [0.15, 0.2) is 17.5 Å². The van der Waals surface area contributed by atoms with Crippen molar-refractivity contribution in [2.75, 3.05) is 0 Å². The minimum atomic E-state index is 0.622. The van der Waals surface area contributed by atoms with Crippen molar-refractivity contribution >= 4 is 32.3 Å². The lowest BCUT2D eigenvalue weighted by Crippen LogP contribution is -2.01. The maximum atomic E-state index is 5.29. The molecule has 0 fully saturated rings. The van der Waals surface area contributed by atoms with Crippen molar-refractivity contribution in [3.63, 3.8) is 0 Å². The van der Waals surface area contributed by atoms with E-state index in [0.717, 1.165) is 49.7 Å². The standard InChI is InChI=1S/C57H37N3/c1-3-14-38(15-4-1)40-26-29-42(30-27-40)54-37-48(36-44-20-9-10-23-49(44)54)57-59-55(58-56(60-57)47-31-28-39-16-7-8-19-43(39)34-47)46-22-13-21-45(35-46)51-33-32-50(41-17-5-2-6-18-41)52-24-11-12-25-53(51)52/h1-37H. The summed E-state index contributed by atoms with van der Waals surface area (Å²) in [5.41, 5.74) is 12.1. The molecule has 0 spiro atoms. The Morgan fingerprint density at radius 1 is 0.200 bits per heavy atom. The predicted molar refractivity (Wildman–Crippen MR) is 250 cm³/mol. The molecule has 0 aliphatic heterocycles. The van der Waals surface area contributed by atoms with Crippen molar-refractivity contribution < 1.29 is 0 Å². The van der Waals surface area contributed by atoms with Crippen LogP contribution in [-0.2, 0) is 0 Å². The zero-order chi connectivity index (χ0) is 39.8. The fraction of sp³-hybridized carbons (Fsp3) is 0. The van der Waals surface area contributed by atoms with E-state index >= 15 is 0 Å². The van der Waals surface area contributed by atoms with E-state index in [4.69, 9.17) is 15.0 Å². The van der Waals surface area contributed by atoms with E-state index in [9.17, 15) is 0 Å². The van der Waals surface area contributed by atoms with Gasteiger partial charge >= 0.3 is 0 Å². The minimum Gasteiger partial charge on any atom is -0.208 e. The molecular weight excluding hydrogens is 727 g/mol. The average Bonchev–Trinajstić information content (AvgIpc) is 3.33. The summed E-state index contributed by atoms with van der Waals surface area (Å²) in [6, 6.07) is 79.6. The molecule has 60 heavy (non-hydrogen) atoms. The van der Waals surface area contributed by atoms with Crippen molar-refractivity contribution in [1.82, 2.24) is 15.0 Å². The molecule has 0 saturated carbocycles. The maximum Gasteiger partial charge on any atom is 0.164 e. The van der Waals surface area contributed by atoms with Crippen LogP contribution in [0.3, 0.4) is 0 Å². The van der Waals surface area contributed by atoms with Crippen LogP contribution in [0.25, 0.3) is 111 Å². The number of hydrogen-bond acceptors (Lipinski definition) is 3. The van der Waals surface area contributed by atoms with Gasteiger partial charge in [0.05, 0.1) is 0 Å². The molecule has 0 bridgehead atoms. The third-order valence-corrected chi connectivity index (χ3v) is 11.5. The van der Waals surface area contributed by atoms with Crippen LogP contribution in [0.1, 0.15) is 0 Å². The second-order valence-electron chi connectivity index (χ2n) is 15.2. The highest BCUT2D eigenvalue weighted by Crippen LogP contribution is 2.39. The van der Waals surface area contributed by atoms with Gasteiger partial charge in [-0.05, 0) is 101 Å². The zero-order valence-electron chi connectivity index (χ0n) is 32.7. The molecule has 0 radical (unpaired) electrons. The van der Waals surface area contributed by atoms with Crippen molar-refractivity contribution in [1.29, 1.82) is 0 Å². The molecule has 3 heteroatoms. The Morgan fingerprint density at radius 3 is 1.33 bits per heavy atom. The average molecular weight is 764 g/mol. The number of rotatable bonds is 7. The third-order valence-electron chi connectivity index (χ3n) is 11.5. The molecular formula is C57H37N3. The lowest BCUT2D eigenvalue weighted by molar-refractivity contribution is 1.08. The summed E-state index contributed by atoms with van der Waals surface area (Å²) in [4.78, 5) is 15.7. The molecule has 0 amide bonds. The fourth-order valence-corrected chi connectivity index (χ4v) is 8.49. The van der Waals surface area contributed by atoms with Gasteiger partial charge < -0.3 is 0 Å². The van der Waals surface area contributed by atoms with E-state index in [-0.39, 0.29) is 0 Å². The second-order valence-corrected chi connectivity index (χ2v) is 15.2. The Kier molecular flexibility index (Phi) is 8.83. The molecule has 11 aromatic rings. The summed E-state index contributed by atoms with van der Waals surface area (Å²) < 4.78 is 0. The molecule has 0 saturated heterocycles. The lowest BCUT2D eigenvalue weighted by Gasteiger charge is -2.14. The van der Waals surface area contributed by atoms with E-state index in [2.05, 4.69) is 224 Å². The molecule has 0 aliphatic rings. The van der Waals surface area contributed by atoms with Gasteiger partial charge in [-0.1, -0.05) is 200 Å². The van der Waals surface area contributed by atoms with Crippen LogP contribution >= 0.6 is 0 Å². The molecule has 0 aliphatic carbocycles. The summed E-state index contributed by atoms with van der Waals surface area (Å²) >= 11 is 0. The summed E-state index contributed by atoms with van der Waals surface area (Å²) in [5, 5.41) is 7.03. The van der Waals surface area contributed by atoms with Crippen molar-refractivity contribution in [2.24, 2.45) is 0 Å². The predicted octanol–water partition coefficient (Wildman–Crippen LogP) is 15.0. The first-order valence-corrected chi connectivity index (χ1v) is 20.3. The Bertz CT molecular complexity index is 3360. The summed E-state index contributed by atoms with van der Waals surface area (Å²) in [6.45, 7) is 0. The normalized spacial score (nSPS) is 11.3. The summed E-state index contributed by atoms with van der Waals surface area (Å²) in [6.07, 6.45) is 0. The molecule has 0 N–H and O–H groups in total. The molecule has 280 valence electrons. The SMILES string of the molecule is c1ccc(-c2ccc(-c3cc(-c4nc(-c5cccc(-c6ccc(-c7ccccc7)c7ccccc67)c5)nc(-c5ccc6ccccc6c5)n4)cc4ccccc34)cc2)cc1. The first-order valence-electron chi connectivity index (χ1n) is 20.3. The largest absolute Gasteiger partial charge is 0.208 e. The molecule has 3 nitrogen and oxygen atoms in total. The van der Waals surface area contributed by atoms with Crippen molar-refractivity contribution in [2.45, 2.75) is 0 Å². The van der Waals surface area contributed by atoms with Crippen molar-refractivity contribution in [3.8, 4) is 78.7 Å². The van der Waals surface area contributed by atoms with Gasteiger partial charge in [-0.3, -0.25) is 0 Å². The molecule has 0 atom stereocenters. The Balaban J connectivity index is 1.07. The van der Waals surface area contributed by atoms with Gasteiger partial charge in [0.25, 0.3) is 0 Å². The van der Waals surface area contributed by atoms with Gasteiger partial charge in [0, 0.05) is 16.7 Å². The van der Waals surface area contributed by atoms with E-state index in [0.29, 0.717) is 17.5 Å². The number of benzene rings is 10. The van der Waals surface area contributed by atoms with E-state index in [1.807, 2.05) is 0 Å². The number of aromatic nitrogens is 3. The second kappa shape index (κ2) is 15.1. The van der Waals surface area contributed by atoms with Crippen LogP contribution in [0.5, 0.6) is 0 Å². The first-order chi connectivity index (χ1) is 29.7. The topological polar surface area (TPSA) is 38.7 Å². The number of fused-ring (bicyclic) bond motifs is 3. The summed E-state index contributed by atoms with van der Waals surface area (Å²) in [7, 11) is 0. The highest BCUT2D eigenvalue weighted by atomic mass is 15.0. The first kappa shape index (κ1) is 35.2. The maximum absolute atomic E-state index is 5.29. The van der Waals surface area contributed by atoms with Gasteiger partial charge in [0.1, 0.15) is 0 Å². The van der Waals surface area contributed by atoms with E-state index in [1.54, 1.807) is 0 Å². The molecule has 0 unspecified atom stereocenters.